The Hall–Kier alpha value is -4.43. The molecule has 9 nitrogen and oxygen atoms in total. The van der Waals surface area contributed by atoms with Gasteiger partial charge in [0.2, 0.25) is 15.8 Å². The predicted molar refractivity (Wildman–Crippen MR) is 152 cm³/mol. The van der Waals surface area contributed by atoms with E-state index in [2.05, 4.69) is 19.7 Å². The van der Waals surface area contributed by atoms with Gasteiger partial charge in [-0.1, -0.05) is 18.2 Å². The zero-order chi connectivity index (χ0) is 30.6. The minimum Gasteiger partial charge on any atom is -0.353 e. The minimum atomic E-state index is -4.87. The van der Waals surface area contributed by atoms with Gasteiger partial charge in [0.05, 0.1) is 16.2 Å². The van der Waals surface area contributed by atoms with Crippen LogP contribution in [0.15, 0.2) is 77.8 Å². The van der Waals surface area contributed by atoms with Crippen LogP contribution in [-0.2, 0) is 21.0 Å². The summed E-state index contributed by atoms with van der Waals surface area (Å²) in [5, 5.41) is 0. The van der Waals surface area contributed by atoms with E-state index in [-0.39, 0.29) is 40.5 Å². The van der Waals surface area contributed by atoms with Crippen molar-refractivity contribution in [3.8, 4) is 22.4 Å². The lowest BCUT2D eigenvalue weighted by atomic mass is 9.98. The van der Waals surface area contributed by atoms with Crippen molar-refractivity contribution in [2.45, 2.75) is 17.5 Å². The van der Waals surface area contributed by atoms with E-state index in [9.17, 15) is 30.8 Å². The lowest BCUT2D eigenvalue weighted by molar-refractivity contribution is -0.144. The van der Waals surface area contributed by atoms with Crippen molar-refractivity contribution in [1.29, 1.82) is 0 Å². The highest BCUT2D eigenvalue weighted by Crippen LogP contribution is 2.41. The molecule has 1 N–H and O–H groups in total. The molecule has 3 heterocycles. The second-order valence-corrected chi connectivity index (χ2v) is 11.4. The Morgan fingerprint density at radius 2 is 1.51 bits per heavy atom. The number of alkyl halides is 3. The van der Waals surface area contributed by atoms with E-state index >= 15 is 0 Å². The number of carbonyl (C=O) groups is 1. The van der Waals surface area contributed by atoms with E-state index in [1.807, 2.05) is 17.0 Å². The predicted octanol–water partition coefficient (Wildman–Crippen LogP) is 4.56. The van der Waals surface area contributed by atoms with Gasteiger partial charge in [0.25, 0.3) is 0 Å². The van der Waals surface area contributed by atoms with Crippen LogP contribution < -0.4 is 14.5 Å². The summed E-state index contributed by atoms with van der Waals surface area (Å²) in [6, 6.07) is 16.0. The number of sulfonamides is 1. The van der Waals surface area contributed by atoms with Gasteiger partial charge in [-0.15, -0.1) is 0 Å². The summed E-state index contributed by atoms with van der Waals surface area (Å²) >= 11 is 0. The number of hydrogen-bond acceptors (Lipinski definition) is 8. The summed E-state index contributed by atoms with van der Waals surface area (Å²) in [5.41, 5.74) is 0.750. The molecule has 0 radical (unpaired) electrons. The van der Waals surface area contributed by atoms with Crippen molar-refractivity contribution < 1.29 is 30.8 Å². The molecule has 0 spiro atoms. The number of benzene rings is 2. The summed E-state index contributed by atoms with van der Waals surface area (Å²) in [7, 11) is -3.94. The number of aldehydes is 1. The molecule has 0 atom stereocenters. The fraction of sp³-hybridized carbons (Fsp3) is 0.241. The molecule has 0 bridgehead atoms. The van der Waals surface area contributed by atoms with E-state index in [4.69, 9.17) is 0 Å². The Morgan fingerprint density at radius 1 is 0.860 bits per heavy atom. The van der Waals surface area contributed by atoms with Crippen LogP contribution in [0.2, 0.25) is 0 Å². The first-order valence-corrected chi connectivity index (χ1v) is 14.7. The van der Waals surface area contributed by atoms with Gasteiger partial charge < -0.3 is 14.6 Å². The lowest BCUT2D eigenvalue weighted by Crippen LogP contribution is -2.47. The first kappa shape index (κ1) is 30.0. The largest absolute Gasteiger partial charge is 0.451 e. The van der Waals surface area contributed by atoms with Gasteiger partial charge in [-0.25, -0.2) is 32.5 Å². The fourth-order valence-electron chi connectivity index (χ4n) is 4.71. The normalized spacial score (nSPS) is 14.1. The maximum absolute atomic E-state index is 14.1. The monoisotopic (exact) mass is 614 g/mol. The fourth-order valence-corrected chi connectivity index (χ4v) is 5.76. The van der Waals surface area contributed by atoms with E-state index in [0.717, 1.165) is 18.0 Å². The van der Waals surface area contributed by atoms with Crippen molar-refractivity contribution >= 4 is 27.9 Å². The number of rotatable bonds is 9. The molecule has 2 aromatic heterocycles. The number of nitrogens with one attached hydrogen (secondary N) is 1. The molecule has 43 heavy (non-hydrogen) atoms. The summed E-state index contributed by atoms with van der Waals surface area (Å²) < 4.78 is 83.8. The maximum Gasteiger partial charge on any atom is 0.451 e. The van der Waals surface area contributed by atoms with Crippen LogP contribution in [0, 0.1) is 5.82 Å². The van der Waals surface area contributed by atoms with Crippen molar-refractivity contribution in [1.82, 2.24) is 19.7 Å². The van der Waals surface area contributed by atoms with Crippen LogP contribution in [-0.4, -0.2) is 62.4 Å². The quantitative estimate of drug-likeness (QED) is 0.166. The second-order valence-electron chi connectivity index (χ2n) is 9.64. The van der Waals surface area contributed by atoms with Crippen molar-refractivity contribution in [2.24, 2.45) is 0 Å². The maximum atomic E-state index is 14.1. The van der Waals surface area contributed by atoms with E-state index < -0.39 is 27.8 Å². The third-order valence-corrected chi connectivity index (χ3v) is 8.30. The highest BCUT2D eigenvalue weighted by atomic mass is 32.2. The molecule has 0 amide bonds. The van der Waals surface area contributed by atoms with Gasteiger partial charge in [0, 0.05) is 50.9 Å². The summed E-state index contributed by atoms with van der Waals surface area (Å²) in [4.78, 5) is 26.5. The molecule has 1 aliphatic heterocycles. The van der Waals surface area contributed by atoms with E-state index in [0.29, 0.717) is 38.0 Å². The average molecular weight is 615 g/mol. The van der Waals surface area contributed by atoms with Gasteiger partial charge in [-0.3, -0.25) is 0 Å². The van der Waals surface area contributed by atoms with E-state index in [1.165, 1.54) is 36.4 Å². The van der Waals surface area contributed by atoms with Crippen LogP contribution in [0.4, 0.5) is 29.2 Å². The molecule has 4 aromatic rings. The molecular weight excluding hydrogens is 588 g/mol. The van der Waals surface area contributed by atoms with Gasteiger partial charge in [0.1, 0.15) is 23.7 Å². The zero-order valence-corrected chi connectivity index (χ0v) is 23.4. The number of hydrogen-bond donors (Lipinski definition) is 1. The van der Waals surface area contributed by atoms with Gasteiger partial charge in [-0.2, -0.15) is 13.2 Å². The molecule has 0 aliphatic carbocycles. The number of aromatic nitrogens is 3. The Bertz CT molecular complexity index is 1680. The SMILES string of the molecule is O=CCCNS(=O)(=O)c1ccc(-c2c(-c3ccc(F)cc3)nc(C(F)(F)F)nc2N2CCN(c3ccccn3)CC2)cc1. The van der Waals surface area contributed by atoms with Crippen LogP contribution in [0.5, 0.6) is 0 Å². The average Bonchev–Trinajstić information content (AvgIpc) is 3.01. The molecule has 0 unspecified atom stereocenters. The standard InChI is InChI=1S/C29H26F4N6O3S/c30-22-9-5-21(6-10-22)26-25(20-7-11-23(12-8-20)43(41,42)35-14-3-19-40)27(37-28(36-26)29(31,32)33)39-17-15-38(16-18-39)24-4-1-2-13-34-24/h1-2,4-13,19,35H,3,14-18H2. The third kappa shape index (κ3) is 6.81. The van der Waals surface area contributed by atoms with Gasteiger partial charge in [-0.05, 0) is 54.1 Å². The molecule has 1 aliphatic rings. The van der Waals surface area contributed by atoms with Crippen molar-refractivity contribution in [3.63, 3.8) is 0 Å². The smallest absolute Gasteiger partial charge is 0.353 e. The second kappa shape index (κ2) is 12.4. The number of nitrogens with zero attached hydrogens (tertiary/aromatic N) is 5. The molecule has 224 valence electrons. The third-order valence-electron chi connectivity index (χ3n) is 6.82. The Labute approximate surface area is 245 Å². The van der Waals surface area contributed by atoms with Crippen LogP contribution >= 0.6 is 0 Å². The first-order chi connectivity index (χ1) is 20.6. The van der Waals surface area contributed by atoms with Crippen LogP contribution in [0.3, 0.4) is 0 Å². The Kier molecular flexibility index (Phi) is 8.69. The number of anilines is 2. The topological polar surface area (TPSA) is 108 Å². The molecule has 2 aromatic carbocycles. The molecule has 1 fully saturated rings. The van der Waals surface area contributed by atoms with Gasteiger partial charge >= 0.3 is 6.18 Å². The molecule has 5 rings (SSSR count). The number of piperazine rings is 1. The van der Waals surface area contributed by atoms with Crippen LogP contribution in [0.25, 0.3) is 22.4 Å². The van der Waals surface area contributed by atoms with Gasteiger partial charge in [0.15, 0.2) is 0 Å². The minimum absolute atomic E-state index is 0.00179. The number of halogens is 4. The highest BCUT2D eigenvalue weighted by Gasteiger charge is 2.38. The Balaban J connectivity index is 1.61. The van der Waals surface area contributed by atoms with E-state index in [1.54, 1.807) is 17.2 Å². The summed E-state index contributed by atoms with van der Waals surface area (Å²) in [6.07, 6.45) is -2.62. The summed E-state index contributed by atoms with van der Waals surface area (Å²) in [6.45, 7) is 1.46. The Morgan fingerprint density at radius 3 is 2.12 bits per heavy atom. The highest BCUT2D eigenvalue weighted by molar-refractivity contribution is 7.89. The molecule has 0 saturated carbocycles. The first-order valence-electron chi connectivity index (χ1n) is 13.3. The molecular formula is C29H26F4N6O3S. The van der Waals surface area contributed by atoms with Crippen LogP contribution in [0.1, 0.15) is 12.2 Å². The van der Waals surface area contributed by atoms with Crippen molar-refractivity contribution in [2.75, 3.05) is 42.5 Å². The number of pyridine rings is 1. The zero-order valence-electron chi connectivity index (χ0n) is 22.6. The molecule has 14 heteroatoms. The van der Waals surface area contributed by atoms with Crippen molar-refractivity contribution in [3.05, 3.63) is 84.6 Å². The summed E-state index contributed by atoms with van der Waals surface area (Å²) in [5.74, 6) is -1.16. The lowest BCUT2D eigenvalue weighted by Gasteiger charge is -2.37. The molecule has 1 saturated heterocycles. The number of carbonyl (C=O) groups excluding carboxylic acids is 1.